The largest absolute Gasteiger partial charge is 0.475 e. The molecule has 1 fully saturated rings. The first-order chi connectivity index (χ1) is 12.5. The molecule has 11 heteroatoms. The van der Waals surface area contributed by atoms with E-state index in [0.29, 0.717) is 17.0 Å². The first kappa shape index (κ1) is 21.5. The fourth-order valence-electron chi connectivity index (χ4n) is 2.93. The van der Waals surface area contributed by atoms with E-state index in [1.165, 1.54) is 12.3 Å². The molecule has 1 aromatic rings. The number of likely N-dealkylation sites (tertiary alicyclic amines) is 1. The molecule has 1 atom stereocenters. The quantitative estimate of drug-likeness (QED) is 0.613. The summed E-state index contributed by atoms with van der Waals surface area (Å²) in [7, 11) is -2.09. The molecule has 0 saturated carbocycles. The van der Waals surface area contributed by atoms with Crippen LogP contribution in [-0.4, -0.2) is 63.8 Å². The highest BCUT2D eigenvalue weighted by Crippen LogP contribution is 2.32. The first-order valence-electron chi connectivity index (χ1n) is 8.47. The lowest BCUT2D eigenvalue weighted by Gasteiger charge is -2.23. The van der Waals surface area contributed by atoms with Gasteiger partial charge in [0.05, 0.1) is 35.3 Å². The van der Waals surface area contributed by atoms with Gasteiger partial charge < -0.3 is 20.3 Å². The molecule has 2 rings (SSSR count). The van der Waals surface area contributed by atoms with E-state index in [0.717, 1.165) is 0 Å². The summed E-state index contributed by atoms with van der Waals surface area (Å²) in [6, 6.07) is 1.40. The highest BCUT2D eigenvalue weighted by molar-refractivity contribution is 6.43. The second-order valence-electron chi connectivity index (χ2n) is 6.96. The predicted molar refractivity (Wildman–Crippen MR) is 95.4 cm³/mol. The minimum atomic E-state index is -3.21. The van der Waals surface area contributed by atoms with Gasteiger partial charge in [0.25, 0.3) is 11.8 Å². The van der Waals surface area contributed by atoms with Gasteiger partial charge in [0.2, 0.25) is 5.91 Å². The molecule has 2 amide bonds. The summed E-state index contributed by atoms with van der Waals surface area (Å²) in [5.41, 5.74) is 0.675. The van der Waals surface area contributed by atoms with Gasteiger partial charge >= 0.3 is 7.12 Å². The molecule has 27 heavy (non-hydrogen) atoms. The number of rotatable bonds is 6. The van der Waals surface area contributed by atoms with Crippen LogP contribution in [0.1, 0.15) is 36.3 Å². The van der Waals surface area contributed by atoms with Crippen LogP contribution in [0.15, 0.2) is 12.3 Å². The van der Waals surface area contributed by atoms with Gasteiger partial charge in [-0.2, -0.15) is 0 Å². The predicted octanol–water partition coefficient (Wildman–Crippen LogP) is 0.911. The fourth-order valence-corrected chi connectivity index (χ4v) is 3.21. The fraction of sp³-hybridized carbons (Fsp3) is 0.562. The van der Waals surface area contributed by atoms with E-state index in [9.17, 15) is 28.4 Å². The second kappa shape index (κ2) is 8.49. The average Bonchev–Trinajstić information content (AvgIpc) is 2.90. The number of nitrogens with zero attached hydrogens (tertiary/aromatic N) is 2. The third kappa shape index (κ3) is 5.37. The van der Waals surface area contributed by atoms with Gasteiger partial charge in [0.1, 0.15) is 0 Å². The number of amides is 2. The highest BCUT2D eigenvalue weighted by atomic mass is 35.5. The zero-order valence-corrected chi connectivity index (χ0v) is 15.7. The van der Waals surface area contributed by atoms with Gasteiger partial charge in [-0.15, -0.1) is 0 Å². The number of aromatic nitrogens is 1. The van der Waals surface area contributed by atoms with Gasteiger partial charge in [0.15, 0.2) is 0 Å². The molecular weight excluding hydrogens is 382 g/mol. The lowest BCUT2D eigenvalue weighted by Crippen LogP contribution is -2.49. The van der Waals surface area contributed by atoms with Crippen LogP contribution in [0.5, 0.6) is 0 Å². The lowest BCUT2D eigenvalue weighted by molar-refractivity contribution is -0.131. The van der Waals surface area contributed by atoms with Crippen LogP contribution >= 0.6 is 11.6 Å². The van der Waals surface area contributed by atoms with Crippen LogP contribution in [0, 0.1) is 5.92 Å². The zero-order valence-electron chi connectivity index (χ0n) is 15.0. The van der Waals surface area contributed by atoms with E-state index in [1.807, 2.05) is 13.8 Å². The van der Waals surface area contributed by atoms with E-state index < -0.39 is 50.3 Å². The Labute approximate surface area is 160 Å². The van der Waals surface area contributed by atoms with Crippen molar-refractivity contribution in [1.29, 1.82) is 0 Å². The first-order valence-corrected chi connectivity index (χ1v) is 8.84. The number of hydrogen-bond donors (Lipinski definition) is 3. The summed E-state index contributed by atoms with van der Waals surface area (Å²) < 4.78 is 27.0. The van der Waals surface area contributed by atoms with E-state index >= 15 is 0 Å². The average molecular weight is 404 g/mol. The van der Waals surface area contributed by atoms with E-state index in [1.54, 1.807) is 0 Å². The summed E-state index contributed by atoms with van der Waals surface area (Å²) >= 11 is 6.21. The Bertz CT molecular complexity index is 721. The van der Waals surface area contributed by atoms with Crippen molar-refractivity contribution in [3.63, 3.8) is 0 Å². The summed E-state index contributed by atoms with van der Waals surface area (Å²) in [5.74, 6) is -5.85. The van der Waals surface area contributed by atoms with Crippen molar-refractivity contribution in [2.24, 2.45) is 5.92 Å². The van der Waals surface area contributed by atoms with E-state index in [4.69, 9.17) is 11.6 Å². The second-order valence-corrected chi connectivity index (χ2v) is 7.34. The molecule has 0 unspecified atom stereocenters. The summed E-state index contributed by atoms with van der Waals surface area (Å²) in [6.45, 7) is 2.44. The van der Waals surface area contributed by atoms with Crippen LogP contribution < -0.4 is 5.32 Å². The van der Waals surface area contributed by atoms with Crippen LogP contribution in [0.2, 0.25) is 5.02 Å². The third-order valence-corrected chi connectivity index (χ3v) is 4.60. The molecule has 0 aliphatic carbocycles. The molecule has 2 heterocycles. The molecule has 7 nitrogen and oxygen atoms in total. The zero-order chi connectivity index (χ0) is 20.4. The Kier molecular flexibility index (Phi) is 6.77. The molecule has 1 aromatic heterocycles. The van der Waals surface area contributed by atoms with Gasteiger partial charge in [-0.1, -0.05) is 25.4 Å². The number of nitrogens with one attached hydrogen (secondary N) is 1. The van der Waals surface area contributed by atoms with Crippen molar-refractivity contribution in [1.82, 2.24) is 15.2 Å². The number of carbonyl (C=O) groups excluding carboxylic acids is 2. The maximum Gasteiger partial charge on any atom is 0.475 e. The van der Waals surface area contributed by atoms with Crippen LogP contribution in [0.4, 0.5) is 8.78 Å². The molecule has 3 N–H and O–H groups in total. The Balaban J connectivity index is 2.04. The highest BCUT2D eigenvalue weighted by Gasteiger charge is 2.51. The molecule has 0 spiro atoms. The van der Waals surface area contributed by atoms with Crippen molar-refractivity contribution in [3.05, 3.63) is 28.5 Å². The molecular formula is C16H21BClF2N3O4. The summed E-state index contributed by atoms with van der Waals surface area (Å²) in [6.07, 6.45) is 1.15. The molecule has 0 radical (unpaired) electrons. The van der Waals surface area contributed by atoms with Crippen molar-refractivity contribution < 1.29 is 28.4 Å². The standard InChI is InChI=1S/C16H21BClF2N3O4/c1-9(2)5-11-14(18)10(3-4-21-11)15(25)22-7-13(24)23-8-16(19,20)6-12(23)17(26)27/h3-4,9,12,26-27H,5-8H2,1-2H3,(H,22,25)/t12-/m0/s1. The van der Waals surface area contributed by atoms with E-state index in [-0.39, 0.29) is 16.5 Å². The Morgan fingerprint density at radius 3 is 2.74 bits per heavy atom. The number of hydrogen-bond acceptors (Lipinski definition) is 5. The van der Waals surface area contributed by atoms with Crippen molar-refractivity contribution in [3.8, 4) is 0 Å². The van der Waals surface area contributed by atoms with Gasteiger partial charge in [-0.25, -0.2) is 8.78 Å². The van der Waals surface area contributed by atoms with Crippen molar-refractivity contribution >= 4 is 30.5 Å². The normalized spacial score (nSPS) is 18.7. The minimum absolute atomic E-state index is 0.126. The van der Waals surface area contributed by atoms with Crippen LogP contribution in [0.25, 0.3) is 0 Å². The molecule has 0 bridgehead atoms. The maximum atomic E-state index is 13.5. The number of alkyl halides is 2. The minimum Gasteiger partial charge on any atom is -0.426 e. The van der Waals surface area contributed by atoms with Gasteiger partial charge in [0, 0.05) is 12.6 Å². The van der Waals surface area contributed by atoms with Crippen LogP contribution in [0.3, 0.4) is 0 Å². The Hall–Kier alpha value is -1.78. The Morgan fingerprint density at radius 2 is 2.15 bits per heavy atom. The van der Waals surface area contributed by atoms with Gasteiger partial charge in [-0.05, 0) is 18.4 Å². The maximum absolute atomic E-state index is 13.5. The summed E-state index contributed by atoms with van der Waals surface area (Å²) in [4.78, 5) is 29.3. The smallest absolute Gasteiger partial charge is 0.426 e. The molecule has 0 aromatic carbocycles. The molecule has 1 aliphatic heterocycles. The van der Waals surface area contributed by atoms with Crippen molar-refractivity contribution in [2.45, 2.75) is 38.6 Å². The SMILES string of the molecule is CC(C)Cc1nccc(C(=O)NCC(=O)N2CC(F)(F)C[C@H]2B(O)O)c1Cl. The number of halogens is 3. The van der Waals surface area contributed by atoms with Gasteiger partial charge in [-0.3, -0.25) is 14.6 Å². The third-order valence-electron chi connectivity index (χ3n) is 4.18. The lowest BCUT2D eigenvalue weighted by atomic mass is 9.77. The van der Waals surface area contributed by atoms with Crippen molar-refractivity contribution in [2.75, 3.05) is 13.1 Å². The molecule has 1 saturated heterocycles. The topological polar surface area (TPSA) is 103 Å². The molecule has 1 aliphatic rings. The van der Waals surface area contributed by atoms with Crippen LogP contribution in [-0.2, 0) is 11.2 Å². The number of carbonyl (C=O) groups is 2. The Morgan fingerprint density at radius 1 is 1.48 bits per heavy atom. The van der Waals surface area contributed by atoms with E-state index in [2.05, 4.69) is 10.3 Å². The summed E-state index contributed by atoms with van der Waals surface area (Å²) in [5, 5.41) is 20.9. The monoisotopic (exact) mass is 403 g/mol. The number of pyridine rings is 1. The molecule has 148 valence electrons.